The summed E-state index contributed by atoms with van der Waals surface area (Å²) in [6, 6.07) is 15.6. The van der Waals surface area contributed by atoms with Gasteiger partial charge in [-0.1, -0.05) is 48.0 Å². The molecule has 0 bridgehead atoms. The smallest absolute Gasteiger partial charge is 0.263 e. The van der Waals surface area contributed by atoms with E-state index in [1.54, 1.807) is 0 Å². The highest BCUT2D eigenvalue weighted by Crippen LogP contribution is 2.35. The van der Waals surface area contributed by atoms with E-state index in [1.165, 1.54) is 22.2 Å². The van der Waals surface area contributed by atoms with Gasteiger partial charge in [-0.3, -0.25) is 14.2 Å². The summed E-state index contributed by atoms with van der Waals surface area (Å²) < 4.78 is 1.42. The SMILES string of the molecule is Cc1ccc(C)c(C(=O)Cn2cnc3sc(C)c(-c4ccccc4)c3c2=O)c1. The van der Waals surface area contributed by atoms with E-state index in [9.17, 15) is 9.59 Å². The maximum atomic E-state index is 13.2. The van der Waals surface area contributed by atoms with Crippen molar-refractivity contribution in [2.45, 2.75) is 27.3 Å². The number of fused-ring (bicyclic) bond motifs is 1. The van der Waals surface area contributed by atoms with Gasteiger partial charge < -0.3 is 0 Å². The molecule has 0 unspecified atom stereocenters. The van der Waals surface area contributed by atoms with E-state index in [0.717, 1.165) is 27.1 Å². The summed E-state index contributed by atoms with van der Waals surface area (Å²) >= 11 is 1.51. The number of carbonyl (C=O) groups is 1. The van der Waals surface area contributed by atoms with E-state index in [-0.39, 0.29) is 17.9 Å². The molecule has 0 amide bonds. The fourth-order valence-electron chi connectivity index (χ4n) is 3.48. The van der Waals surface area contributed by atoms with Gasteiger partial charge in [0.1, 0.15) is 4.83 Å². The Balaban J connectivity index is 1.81. The zero-order valence-corrected chi connectivity index (χ0v) is 16.8. The summed E-state index contributed by atoms with van der Waals surface area (Å²) in [4.78, 5) is 32.3. The number of aryl methyl sites for hydroxylation is 3. The maximum absolute atomic E-state index is 13.2. The van der Waals surface area contributed by atoms with Crippen LogP contribution in [0.1, 0.15) is 26.4 Å². The average molecular weight is 388 g/mol. The summed E-state index contributed by atoms with van der Waals surface area (Å²) in [7, 11) is 0. The molecule has 4 rings (SSSR count). The average Bonchev–Trinajstić information content (AvgIpc) is 3.03. The molecule has 0 aliphatic rings. The molecule has 2 heterocycles. The van der Waals surface area contributed by atoms with Crippen molar-refractivity contribution in [2.24, 2.45) is 0 Å². The monoisotopic (exact) mass is 388 g/mol. The number of ketones is 1. The Kier molecular flexibility index (Phi) is 4.69. The molecule has 28 heavy (non-hydrogen) atoms. The van der Waals surface area contributed by atoms with Crippen molar-refractivity contribution in [1.82, 2.24) is 9.55 Å². The van der Waals surface area contributed by atoms with Crippen LogP contribution in [0.3, 0.4) is 0 Å². The highest BCUT2D eigenvalue weighted by molar-refractivity contribution is 7.19. The first-order valence-corrected chi connectivity index (χ1v) is 9.92. The van der Waals surface area contributed by atoms with E-state index in [2.05, 4.69) is 4.98 Å². The third-order valence-electron chi connectivity index (χ3n) is 4.92. The van der Waals surface area contributed by atoms with Crippen LogP contribution in [-0.2, 0) is 6.54 Å². The lowest BCUT2D eigenvalue weighted by Crippen LogP contribution is -2.25. The van der Waals surface area contributed by atoms with E-state index < -0.39 is 0 Å². The van der Waals surface area contributed by atoms with Crippen molar-refractivity contribution in [1.29, 1.82) is 0 Å². The first-order chi connectivity index (χ1) is 13.5. The Morgan fingerprint density at radius 2 is 1.82 bits per heavy atom. The minimum absolute atomic E-state index is 0.0187. The molecular weight excluding hydrogens is 368 g/mol. The van der Waals surface area contributed by atoms with Crippen molar-refractivity contribution in [3.8, 4) is 11.1 Å². The summed E-state index contributed by atoms with van der Waals surface area (Å²) in [6.45, 7) is 5.85. The van der Waals surface area contributed by atoms with Gasteiger partial charge in [-0.2, -0.15) is 0 Å². The van der Waals surface area contributed by atoms with Crippen LogP contribution in [0.5, 0.6) is 0 Å². The third kappa shape index (κ3) is 3.18. The second kappa shape index (κ2) is 7.17. The third-order valence-corrected chi connectivity index (χ3v) is 5.94. The molecule has 4 nitrogen and oxygen atoms in total. The van der Waals surface area contributed by atoms with Crippen LogP contribution >= 0.6 is 11.3 Å². The van der Waals surface area contributed by atoms with Crippen LogP contribution in [0.4, 0.5) is 0 Å². The molecule has 0 spiro atoms. The molecule has 4 aromatic rings. The van der Waals surface area contributed by atoms with Crippen molar-refractivity contribution >= 4 is 27.3 Å². The molecule has 5 heteroatoms. The molecule has 0 fully saturated rings. The summed E-state index contributed by atoms with van der Waals surface area (Å²) in [6.07, 6.45) is 1.48. The molecule has 0 aliphatic carbocycles. The molecule has 0 N–H and O–H groups in total. The number of Topliss-reactive ketones (excluding diaryl/α,β-unsaturated/α-hetero) is 1. The second-order valence-electron chi connectivity index (χ2n) is 7.00. The number of aromatic nitrogens is 2. The molecule has 140 valence electrons. The number of rotatable bonds is 4. The van der Waals surface area contributed by atoms with Crippen LogP contribution in [0, 0.1) is 20.8 Å². The van der Waals surface area contributed by atoms with Crippen LogP contribution < -0.4 is 5.56 Å². The standard InChI is InChI=1S/C23H20N2O2S/c1-14-9-10-15(2)18(11-14)19(26)12-25-13-24-22-21(23(25)27)20(16(3)28-22)17-7-5-4-6-8-17/h4-11,13H,12H2,1-3H3. The highest BCUT2D eigenvalue weighted by Gasteiger charge is 2.18. The number of carbonyl (C=O) groups excluding carboxylic acids is 1. The highest BCUT2D eigenvalue weighted by atomic mass is 32.1. The molecule has 0 radical (unpaired) electrons. The van der Waals surface area contributed by atoms with Crippen molar-refractivity contribution in [3.05, 3.63) is 86.8 Å². The van der Waals surface area contributed by atoms with Crippen molar-refractivity contribution < 1.29 is 4.79 Å². The van der Waals surface area contributed by atoms with Crippen molar-refractivity contribution in [3.63, 3.8) is 0 Å². The Hall–Kier alpha value is -3.05. The van der Waals surface area contributed by atoms with Crippen LogP contribution in [0.2, 0.25) is 0 Å². The van der Waals surface area contributed by atoms with Crippen LogP contribution in [-0.4, -0.2) is 15.3 Å². The van der Waals surface area contributed by atoms with Gasteiger partial charge in [-0.25, -0.2) is 4.98 Å². The van der Waals surface area contributed by atoms with E-state index in [4.69, 9.17) is 0 Å². The number of thiophene rings is 1. The van der Waals surface area contributed by atoms with Gasteiger partial charge in [0.25, 0.3) is 5.56 Å². The summed E-state index contributed by atoms with van der Waals surface area (Å²) in [5.74, 6) is -0.0855. The van der Waals surface area contributed by atoms with Gasteiger partial charge in [-0.05, 0) is 38.0 Å². The van der Waals surface area contributed by atoms with Gasteiger partial charge in [0.15, 0.2) is 5.78 Å². The first kappa shape index (κ1) is 18.3. The molecule has 0 aliphatic heterocycles. The predicted molar refractivity (Wildman–Crippen MR) is 114 cm³/mol. The van der Waals surface area contributed by atoms with E-state index in [1.807, 2.05) is 69.3 Å². The number of hydrogen-bond acceptors (Lipinski definition) is 4. The van der Waals surface area contributed by atoms with E-state index in [0.29, 0.717) is 15.8 Å². The molecule has 2 aromatic carbocycles. The zero-order valence-electron chi connectivity index (χ0n) is 16.0. The van der Waals surface area contributed by atoms with E-state index >= 15 is 0 Å². The van der Waals surface area contributed by atoms with Gasteiger partial charge in [0.2, 0.25) is 0 Å². The lowest BCUT2D eigenvalue weighted by atomic mass is 10.0. The lowest BCUT2D eigenvalue weighted by molar-refractivity contribution is 0.0970. The maximum Gasteiger partial charge on any atom is 0.263 e. The fraction of sp³-hybridized carbons (Fsp3) is 0.174. The van der Waals surface area contributed by atoms with Gasteiger partial charge in [0, 0.05) is 16.0 Å². The van der Waals surface area contributed by atoms with Crippen LogP contribution in [0.15, 0.2) is 59.7 Å². The predicted octanol–water partition coefficient (Wildman–Crippen LogP) is 4.93. The fourth-order valence-corrected chi connectivity index (χ4v) is 4.48. The van der Waals surface area contributed by atoms with Gasteiger partial charge in [-0.15, -0.1) is 11.3 Å². The second-order valence-corrected chi connectivity index (χ2v) is 8.20. The Labute approximate surface area is 167 Å². The number of benzene rings is 2. The Morgan fingerprint density at radius 3 is 2.57 bits per heavy atom. The molecule has 0 saturated carbocycles. The Bertz CT molecular complexity index is 1250. The topological polar surface area (TPSA) is 52.0 Å². The number of hydrogen-bond donors (Lipinski definition) is 0. The molecular formula is C23H20N2O2S. The normalized spacial score (nSPS) is 11.1. The van der Waals surface area contributed by atoms with Crippen molar-refractivity contribution in [2.75, 3.05) is 0 Å². The van der Waals surface area contributed by atoms with Gasteiger partial charge >= 0.3 is 0 Å². The Morgan fingerprint density at radius 1 is 1.07 bits per heavy atom. The molecule has 0 saturated heterocycles. The quantitative estimate of drug-likeness (QED) is 0.466. The van der Waals surface area contributed by atoms with Crippen LogP contribution in [0.25, 0.3) is 21.3 Å². The minimum Gasteiger partial charge on any atom is -0.292 e. The zero-order chi connectivity index (χ0) is 19.8. The molecule has 0 atom stereocenters. The summed E-state index contributed by atoms with van der Waals surface area (Å²) in [5.41, 5.74) is 4.31. The van der Waals surface area contributed by atoms with Gasteiger partial charge in [0.05, 0.1) is 18.3 Å². The lowest BCUT2D eigenvalue weighted by Gasteiger charge is -2.09. The number of nitrogens with zero attached hydrogens (tertiary/aromatic N) is 2. The first-order valence-electron chi connectivity index (χ1n) is 9.10. The summed E-state index contributed by atoms with van der Waals surface area (Å²) in [5, 5.41) is 0.588. The molecule has 2 aromatic heterocycles. The minimum atomic E-state index is -0.174. The largest absolute Gasteiger partial charge is 0.292 e.